The molecule has 1 heterocycles. The molecule has 0 aliphatic carbocycles. The zero-order valence-corrected chi connectivity index (χ0v) is 54.3. The molecule has 89 heavy (non-hydrogen) atoms. The summed E-state index contributed by atoms with van der Waals surface area (Å²) in [6.07, 6.45) is 5.28. The lowest BCUT2D eigenvalue weighted by Crippen LogP contribution is -2.61. The van der Waals surface area contributed by atoms with Gasteiger partial charge in [0.15, 0.2) is 5.78 Å². The fraction of sp³-hybridized carbons (Fsp3) is 0.508. The number of imide groups is 1. The number of amides is 10. The van der Waals surface area contributed by atoms with Crippen molar-refractivity contribution in [2.24, 2.45) is 28.9 Å². The molecule has 5 atom stereocenters. The number of Topliss-reactive ketones (excluding diaryl/α,β-unsaturated/α-hetero) is 1. The lowest BCUT2D eigenvalue weighted by molar-refractivity contribution is -0.141. The second-order valence-corrected chi connectivity index (χ2v) is 26.6. The molecule has 23 nitrogen and oxygen atoms in total. The van der Waals surface area contributed by atoms with E-state index in [1.807, 2.05) is 78.8 Å². The number of nitrogens with zero attached hydrogens (tertiary/aromatic N) is 2. The number of likely N-dealkylation sites (N-methyl/N-ethyl adjacent to an activating group) is 2. The average Bonchev–Trinajstić information content (AvgIpc) is 4.08. The normalized spacial score (nSPS) is 14.5. The summed E-state index contributed by atoms with van der Waals surface area (Å²) in [7, 11) is -0.920. The van der Waals surface area contributed by atoms with Crippen molar-refractivity contribution in [3.8, 4) is 0 Å². The first kappa shape index (κ1) is 73.2. The Morgan fingerprint density at radius 1 is 0.730 bits per heavy atom. The van der Waals surface area contributed by atoms with E-state index in [0.29, 0.717) is 48.1 Å². The van der Waals surface area contributed by atoms with Crippen molar-refractivity contribution in [2.75, 3.05) is 32.5 Å². The van der Waals surface area contributed by atoms with Gasteiger partial charge in [-0.05, 0) is 91.3 Å². The predicted octanol–water partition coefficient (Wildman–Crippen LogP) is 6.17. The van der Waals surface area contributed by atoms with Crippen molar-refractivity contribution in [2.45, 2.75) is 163 Å². The van der Waals surface area contributed by atoms with Crippen molar-refractivity contribution in [3.63, 3.8) is 0 Å². The summed E-state index contributed by atoms with van der Waals surface area (Å²) in [5.74, 6) is -5.39. The molecule has 9 N–H and O–H groups in total. The summed E-state index contributed by atoms with van der Waals surface area (Å²) in [5, 5.41) is 16.9. The first-order valence-corrected chi connectivity index (χ1v) is 31.7. The van der Waals surface area contributed by atoms with Crippen LogP contribution in [0.25, 0.3) is 0 Å². The number of carbonyl (C=O) groups excluding carboxylic acids is 10. The van der Waals surface area contributed by atoms with E-state index in [4.69, 9.17) is 10.5 Å². The Hall–Kier alpha value is -8.25. The number of nitrogens with one attached hydrogen (secondary N) is 7. The minimum absolute atomic E-state index is 0.0386. The lowest BCUT2D eigenvalue weighted by Gasteiger charge is -2.40. The van der Waals surface area contributed by atoms with Crippen LogP contribution in [0.2, 0.25) is 0 Å². The topological polar surface area (TPSA) is 331 Å². The number of nitrogens with two attached hydrogens (primary N) is 1. The minimum Gasteiger partial charge on any atom is -0.445 e. The van der Waals surface area contributed by atoms with Gasteiger partial charge in [0.05, 0.1) is 23.9 Å². The highest BCUT2D eigenvalue weighted by atomic mass is 32.2. The summed E-state index contributed by atoms with van der Waals surface area (Å²) in [5.41, 5.74) is 6.83. The molecule has 0 saturated carbocycles. The van der Waals surface area contributed by atoms with Crippen LogP contribution in [0, 0.1) is 23.2 Å². The van der Waals surface area contributed by atoms with Crippen LogP contribution in [0.5, 0.6) is 0 Å². The van der Waals surface area contributed by atoms with E-state index in [2.05, 4.69) is 36.6 Å². The SMILES string of the molecule is CN[C@H](C(=O)N[C@H](C(=O)N(C)[C@H](/C=C(\C)C(=O)NS(=O)(=O)Cc1ccc(CNC(=O)OCc2ccc(NC(=O)[C@@H](CCCNC(N)=O)CC(=O)[C@H](NC(=O)CCCCCN3C(=O)C=CC3=O)C(C)C)cc2)cc1)C(C)C)C(C)(C)C)C(C)(C)c1ccccc1. The van der Waals surface area contributed by atoms with Crippen LogP contribution in [0.15, 0.2) is 103 Å². The second kappa shape index (κ2) is 33.9. The molecule has 0 saturated heterocycles. The van der Waals surface area contributed by atoms with Crippen molar-refractivity contribution in [1.82, 2.24) is 41.1 Å². The summed E-state index contributed by atoms with van der Waals surface area (Å²) < 4.78 is 34.2. The quantitative estimate of drug-likeness (QED) is 0.0188. The molecule has 10 amide bonds. The molecule has 1 aliphatic heterocycles. The Balaban J connectivity index is 1.27. The van der Waals surface area contributed by atoms with Crippen LogP contribution >= 0.6 is 0 Å². The van der Waals surface area contributed by atoms with Crippen LogP contribution < -0.4 is 42.4 Å². The third-order valence-corrected chi connectivity index (χ3v) is 16.7. The maximum absolute atomic E-state index is 14.4. The van der Waals surface area contributed by atoms with Gasteiger partial charge in [0, 0.05) is 74.3 Å². The highest BCUT2D eigenvalue weighted by Gasteiger charge is 2.42. The van der Waals surface area contributed by atoms with Gasteiger partial charge in [-0.3, -0.25) is 43.3 Å². The van der Waals surface area contributed by atoms with Gasteiger partial charge in [0.25, 0.3) is 17.7 Å². The Bertz CT molecular complexity index is 3120. The number of ketones is 1. The molecular formula is C65H92N10O13S. The van der Waals surface area contributed by atoms with Gasteiger partial charge >= 0.3 is 12.1 Å². The van der Waals surface area contributed by atoms with Gasteiger partial charge in [0.2, 0.25) is 33.7 Å². The van der Waals surface area contributed by atoms with Crippen molar-refractivity contribution in [1.29, 1.82) is 0 Å². The van der Waals surface area contributed by atoms with Crippen molar-refractivity contribution < 1.29 is 61.1 Å². The number of primary amides is 1. The lowest BCUT2D eigenvalue weighted by atomic mass is 9.76. The molecule has 0 fully saturated rings. The smallest absolute Gasteiger partial charge is 0.407 e. The first-order chi connectivity index (χ1) is 41.7. The van der Waals surface area contributed by atoms with Gasteiger partial charge < -0.3 is 47.3 Å². The molecule has 3 aromatic carbocycles. The largest absolute Gasteiger partial charge is 0.445 e. The second-order valence-electron chi connectivity index (χ2n) is 24.8. The third-order valence-electron chi connectivity index (χ3n) is 15.5. The molecule has 0 bridgehead atoms. The summed E-state index contributed by atoms with van der Waals surface area (Å²) in [6, 6.07) is 18.5. The molecule has 24 heteroatoms. The van der Waals surface area contributed by atoms with E-state index in [0.717, 1.165) is 10.5 Å². The van der Waals surface area contributed by atoms with E-state index in [1.165, 1.54) is 24.0 Å². The Labute approximate surface area is 524 Å². The molecule has 0 aromatic heterocycles. The summed E-state index contributed by atoms with van der Waals surface area (Å²) in [4.78, 5) is 132. The average molecular weight is 1250 g/mol. The van der Waals surface area contributed by atoms with Crippen molar-refractivity contribution >= 4 is 75.0 Å². The highest BCUT2D eigenvalue weighted by molar-refractivity contribution is 7.89. The fourth-order valence-electron chi connectivity index (χ4n) is 10.2. The highest BCUT2D eigenvalue weighted by Crippen LogP contribution is 2.30. The number of unbranched alkanes of at least 4 members (excludes halogenated alkanes) is 2. The van der Waals surface area contributed by atoms with E-state index < -0.39 is 80.6 Å². The molecule has 0 spiro atoms. The number of ether oxygens (including phenoxy) is 1. The van der Waals surface area contributed by atoms with Crippen LogP contribution in [0.3, 0.4) is 0 Å². The monoisotopic (exact) mass is 1250 g/mol. The number of benzene rings is 3. The number of urea groups is 1. The van der Waals surface area contributed by atoms with E-state index >= 15 is 0 Å². The third kappa shape index (κ3) is 23.3. The van der Waals surface area contributed by atoms with Crippen LogP contribution in [-0.4, -0.2) is 129 Å². The Morgan fingerprint density at radius 3 is 1.91 bits per heavy atom. The number of anilines is 1. The molecule has 4 rings (SSSR count). The molecule has 0 unspecified atom stereocenters. The van der Waals surface area contributed by atoms with Crippen molar-refractivity contribution in [3.05, 3.63) is 125 Å². The van der Waals surface area contributed by atoms with Gasteiger partial charge in [-0.2, -0.15) is 0 Å². The van der Waals surface area contributed by atoms with Gasteiger partial charge in [-0.25, -0.2) is 22.7 Å². The van der Waals surface area contributed by atoms with Gasteiger partial charge in [0.1, 0.15) is 12.6 Å². The number of alkyl carbamates (subject to hydrolysis) is 1. The van der Waals surface area contributed by atoms with Crippen LogP contribution in [-0.2, 0) is 77.4 Å². The van der Waals surface area contributed by atoms with E-state index in [-0.39, 0.29) is 98.2 Å². The van der Waals surface area contributed by atoms with Crippen LogP contribution in [0.4, 0.5) is 15.3 Å². The predicted molar refractivity (Wildman–Crippen MR) is 339 cm³/mol. The Kier molecular flexibility index (Phi) is 27.9. The zero-order chi connectivity index (χ0) is 66.4. The summed E-state index contributed by atoms with van der Waals surface area (Å²) >= 11 is 0. The van der Waals surface area contributed by atoms with Gasteiger partial charge in [-0.15, -0.1) is 0 Å². The molecule has 0 radical (unpaired) electrons. The first-order valence-electron chi connectivity index (χ1n) is 30.0. The minimum atomic E-state index is -4.21. The van der Waals surface area contributed by atoms with Crippen LogP contribution in [0.1, 0.15) is 136 Å². The standard InChI is InChI=1S/C65H92N10O13S/c1-41(2)50(74(12)61(83)57(64(6,7)8)72-60(82)56(67-11)65(9,10)48-21-15-13-16-22-48)36-43(5)58(80)73-89(86,87)40-46-26-24-44(25-27-46)38-69-63(85)88-39-45-28-30-49(31-29-45)70-59(81)47(20-19-34-68-62(66)84)37-51(76)55(42(3)4)71-52(77)23-17-14-18-35-75-53(78)32-33-54(75)79/h13,15-16,21-22,24-33,36,41-42,47,50,55-57,67H,14,17-20,23,34-35,37-40H2,1-12H3,(H,69,85)(H,70,81)(H,71,77)(H,72,82)(H,73,80)(H3,66,68,84)/b43-36+/t47-,50+,55+,56+,57+/m0/s1. The molecule has 486 valence electrons. The van der Waals surface area contributed by atoms with E-state index in [1.54, 1.807) is 82.5 Å². The van der Waals surface area contributed by atoms with Gasteiger partial charge in [-0.1, -0.05) is 142 Å². The number of sulfonamides is 1. The zero-order valence-electron chi connectivity index (χ0n) is 53.5. The molecule has 1 aliphatic rings. The fourth-order valence-corrected chi connectivity index (χ4v) is 11.3. The number of hydrogen-bond acceptors (Lipinski definition) is 14. The van der Waals surface area contributed by atoms with E-state index in [9.17, 15) is 56.4 Å². The maximum atomic E-state index is 14.4. The number of rotatable bonds is 34. The maximum Gasteiger partial charge on any atom is 0.407 e. The Morgan fingerprint density at radius 2 is 1.34 bits per heavy atom. The summed E-state index contributed by atoms with van der Waals surface area (Å²) in [6.45, 7) is 18.6. The molecule has 3 aromatic rings. The molecular weight excluding hydrogens is 1160 g/mol. The number of hydrogen-bond donors (Lipinski definition) is 8. The number of carbonyl (C=O) groups is 10.